The van der Waals surface area contributed by atoms with Crippen LogP contribution in [0.3, 0.4) is 0 Å². The molecule has 1 aromatic rings. The summed E-state index contributed by atoms with van der Waals surface area (Å²) < 4.78 is 52.5. The van der Waals surface area contributed by atoms with Crippen molar-refractivity contribution >= 4 is 15.9 Å². The molecule has 3 N–H and O–H groups in total. The van der Waals surface area contributed by atoms with Gasteiger partial charge in [-0.1, -0.05) is 19.0 Å². The van der Waals surface area contributed by atoms with Crippen LogP contribution in [0.4, 0.5) is 8.78 Å². The molecule has 6 nitrogen and oxygen atoms in total. The average molecular weight is 321 g/mol. The Kier molecular flexibility index (Phi) is 5.62. The first-order valence-corrected chi connectivity index (χ1v) is 7.60. The van der Waals surface area contributed by atoms with Crippen molar-refractivity contribution in [2.75, 3.05) is 13.1 Å². The fraction of sp³-hybridized carbons (Fsp3) is 0.417. The van der Waals surface area contributed by atoms with Crippen LogP contribution in [0.25, 0.3) is 0 Å². The Morgan fingerprint density at radius 2 is 2.10 bits per heavy atom. The minimum atomic E-state index is -4.21. The molecule has 1 aromatic carbocycles. The van der Waals surface area contributed by atoms with Crippen LogP contribution in [0.1, 0.15) is 13.8 Å². The van der Waals surface area contributed by atoms with E-state index in [4.69, 9.17) is 10.9 Å². The smallest absolute Gasteiger partial charge is 0.246 e. The zero-order chi connectivity index (χ0) is 16.2. The number of amidine groups is 1. The molecule has 0 aromatic heterocycles. The SMILES string of the molecule is CCN(CC(C)C(N)=NO)S(=O)(=O)c1cc(F)ccc1F. The number of nitrogens with zero attached hydrogens (tertiary/aromatic N) is 2. The number of sulfonamides is 1. The van der Waals surface area contributed by atoms with Crippen LogP contribution in [0, 0.1) is 17.6 Å². The molecule has 118 valence electrons. The zero-order valence-electron chi connectivity index (χ0n) is 11.6. The first kappa shape index (κ1) is 17.3. The van der Waals surface area contributed by atoms with Crippen molar-refractivity contribution in [3.05, 3.63) is 29.8 Å². The van der Waals surface area contributed by atoms with Gasteiger partial charge >= 0.3 is 0 Å². The Bertz CT molecular complexity index is 635. The molecule has 0 saturated carbocycles. The van der Waals surface area contributed by atoms with E-state index < -0.39 is 32.5 Å². The van der Waals surface area contributed by atoms with Gasteiger partial charge in [0.15, 0.2) is 0 Å². The van der Waals surface area contributed by atoms with Crippen LogP contribution in [-0.4, -0.2) is 36.9 Å². The Hall–Kier alpha value is -1.74. The highest BCUT2D eigenvalue weighted by Gasteiger charge is 2.28. The Balaban J connectivity index is 3.17. The van der Waals surface area contributed by atoms with Crippen LogP contribution in [0.5, 0.6) is 0 Å². The predicted molar refractivity (Wildman–Crippen MR) is 73.4 cm³/mol. The highest BCUT2D eigenvalue weighted by atomic mass is 32.2. The zero-order valence-corrected chi connectivity index (χ0v) is 12.4. The molecule has 0 aliphatic rings. The summed E-state index contributed by atoms with van der Waals surface area (Å²) >= 11 is 0. The van der Waals surface area contributed by atoms with Crippen molar-refractivity contribution in [2.45, 2.75) is 18.7 Å². The second-order valence-electron chi connectivity index (χ2n) is 4.46. The molecular weight excluding hydrogens is 304 g/mol. The van der Waals surface area contributed by atoms with Gasteiger partial charge in [-0.15, -0.1) is 0 Å². The van der Waals surface area contributed by atoms with E-state index in [-0.39, 0.29) is 18.9 Å². The van der Waals surface area contributed by atoms with Gasteiger partial charge in [0.05, 0.1) is 0 Å². The van der Waals surface area contributed by atoms with Crippen molar-refractivity contribution in [1.29, 1.82) is 0 Å². The second-order valence-corrected chi connectivity index (χ2v) is 6.36. The van der Waals surface area contributed by atoms with Gasteiger partial charge in [-0.3, -0.25) is 0 Å². The lowest BCUT2D eigenvalue weighted by molar-refractivity contribution is 0.311. The first-order valence-electron chi connectivity index (χ1n) is 6.16. The van der Waals surface area contributed by atoms with Crippen molar-refractivity contribution in [2.24, 2.45) is 16.8 Å². The molecule has 1 atom stereocenters. The van der Waals surface area contributed by atoms with Gasteiger partial charge in [-0.2, -0.15) is 4.31 Å². The van der Waals surface area contributed by atoms with E-state index in [2.05, 4.69) is 5.16 Å². The summed E-state index contributed by atoms with van der Waals surface area (Å²) in [6, 6.07) is 2.22. The molecule has 1 unspecified atom stereocenters. The van der Waals surface area contributed by atoms with Crippen molar-refractivity contribution in [3.63, 3.8) is 0 Å². The maximum absolute atomic E-state index is 13.7. The lowest BCUT2D eigenvalue weighted by Crippen LogP contribution is -2.39. The number of rotatable bonds is 6. The van der Waals surface area contributed by atoms with Gasteiger partial charge in [0, 0.05) is 19.0 Å². The quantitative estimate of drug-likeness (QED) is 0.358. The van der Waals surface area contributed by atoms with Gasteiger partial charge in [0.2, 0.25) is 10.0 Å². The first-order chi connectivity index (χ1) is 9.73. The van der Waals surface area contributed by atoms with E-state index in [9.17, 15) is 17.2 Å². The molecule has 0 spiro atoms. The molecule has 0 saturated heterocycles. The summed E-state index contributed by atoms with van der Waals surface area (Å²) in [5, 5.41) is 11.4. The highest BCUT2D eigenvalue weighted by Crippen LogP contribution is 2.21. The molecule has 21 heavy (non-hydrogen) atoms. The molecule has 0 fully saturated rings. The third-order valence-corrected chi connectivity index (χ3v) is 4.92. The lowest BCUT2D eigenvalue weighted by Gasteiger charge is -2.23. The standard InChI is InChI=1S/C12H17F2N3O3S/c1-3-17(7-8(2)12(15)16-18)21(19,20)11-6-9(13)4-5-10(11)14/h4-6,8,18H,3,7H2,1-2H3,(H2,15,16). The number of halogens is 2. The number of oxime groups is 1. The molecule has 0 aliphatic heterocycles. The van der Waals surface area contributed by atoms with Gasteiger partial charge < -0.3 is 10.9 Å². The minimum Gasteiger partial charge on any atom is -0.409 e. The second kappa shape index (κ2) is 6.81. The van der Waals surface area contributed by atoms with Gasteiger partial charge in [0.25, 0.3) is 0 Å². The van der Waals surface area contributed by atoms with E-state index in [1.807, 2.05) is 0 Å². The summed E-state index contributed by atoms with van der Waals surface area (Å²) in [5.74, 6) is -2.62. The maximum Gasteiger partial charge on any atom is 0.246 e. The molecule has 1 rings (SSSR count). The third kappa shape index (κ3) is 3.88. The molecule has 0 bridgehead atoms. The van der Waals surface area contributed by atoms with E-state index in [0.717, 1.165) is 16.4 Å². The predicted octanol–water partition coefficient (Wildman–Crippen LogP) is 1.36. The normalized spacial score (nSPS) is 14.4. The van der Waals surface area contributed by atoms with E-state index >= 15 is 0 Å². The van der Waals surface area contributed by atoms with Crippen molar-refractivity contribution < 1.29 is 22.4 Å². The molecule has 0 radical (unpaired) electrons. The maximum atomic E-state index is 13.7. The largest absolute Gasteiger partial charge is 0.409 e. The van der Waals surface area contributed by atoms with E-state index in [0.29, 0.717) is 6.07 Å². The number of benzene rings is 1. The molecule has 0 heterocycles. The van der Waals surface area contributed by atoms with E-state index in [1.165, 1.54) is 0 Å². The number of hydrogen-bond donors (Lipinski definition) is 2. The summed E-state index contributed by atoms with van der Waals surface area (Å²) in [5.41, 5.74) is 5.40. The van der Waals surface area contributed by atoms with Gasteiger partial charge in [-0.25, -0.2) is 17.2 Å². The molecular formula is C12H17F2N3O3S. The summed E-state index contributed by atoms with van der Waals surface area (Å²) in [4.78, 5) is -0.740. The van der Waals surface area contributed by atoms with Gasteiger partial charge in [-0.05, 0) is 18.2 Å². The fourth-order valence-electron chi connectivity index (χ4n) is 1.71. The van der Waals surface area contributed by atoms with Crippen molar-refractivity contribution in [3.8, 4) is 0 Å². The number of nitrogens with two attached hydrogens (primary N) is 1. The topological polar surface area (TPSA) is 96.0 Å². The number of hydrogen-bond acceptors (Lipinski definition) is 4. The van der Waals surface area contributed by atoms with Crippen LogP contribution in [0.2, 0.25) is 0 Å². The third-order valence-electron chi connectivity index (χ3n) is 2.96. The highest BCUT2D eigenvalue weighted by molar-refractivity contribution is 7.89. The van der Waals surface area contributed by atoms with Gasteiger partial charge in [0.1, 0.15) is 22.4 Å². The molecule has 0 aliphatic carbocycles. The van der Waals surface area contributed by atoms with Crippen LogP contribution >= 0.6 is 0 Å². The average Bonchev–Trinajstić information content (AvgIpc) is 2.45. The molecule has 9 heteroatoms. The Labute approximate surface area is 121 Å². The monoisotopic (exact) mass is 321 g/mol. The summed E-state index contributed by atoms with van der Waals surface area (Å²) in [7, 11) is -4.21. The fourth-order valence-corrected chi connectivity index (χ4v) is 3.32. The van der Waals surface area contributed by atoms with Crippen LogP contribution in [-0.2, 0) is 10.0 Å². The molecule has 0 amide bonds. The van der Waals surface area contributed by atoms with E-state index in [1.54, 1.807) is 13.8 Å². The van der Waals surface area contributed by atoms with Crippen LogP contribution < -0.4 is 5.73 Å². The lowest BCUT2D eigenvalue weighted by atomic mass is 10.1. The van der Waals surface area contributed by atoms with Crippen molar-refractivity contribution in [1.82, 2.24) is 4.31 Å². The van der Waals surface area contributed by atoms with Crippen LogP contribution in [0.15, 0.2) is 28.3 Å². The Morgan fingerprint density at radius 1 is 1.48 bits per heavy atom. The minimum absolute atomic E-state index is 0.0291. The summed E-state index contributed by atoms with van der Waals surface area (Å²) in [6.07, 6.45) is 0. The Morgan fingerprint density at radius 3 is 2.62 bits per heavy atom. The summed E-state index contributed by atoms with van der Waals surface area (Å²) in [6.45, 7) is 3.01.